The highest BCUT2D eigenvalue weighted by Crippen LogP contribution is 2.45. The van der Waals surface area contributed by atoms with Gasteiger partial charge in [-0.25, -0.2) is 0 Å². The number of nitrogens with zero attached hydrogens (tertiary/aromatic N) is 1. The van der Waals surface area contributed by atoms with Crippen molar-refractivity contribution in [2.24, 2.45) is 0 Å². The fraction of sp³-hybridized carbons (Fsp3) is 0.200. The van der Waals surface area contributed by atoms with E-state index in [1.165, 1.54) is 11.5 Å². The molecule has 1 amide bonds. The lowest BCUT2D eigenvalue weighted by molar-refractivity contribution is -0.116. The van der Waals surface area contributed by atoms with Gasteiger partial charge >= 0.3 is 0 Å². The molecule has 1 aliphatic rings. The Morgan fingerprint density at radius 1 is 1.08 bits per heavy atom. The summed E-state index contributed by atoms with van der Waals surface area (Å²) in [6.45, 7) is 0. The molecule has 2 aromatic carbocycles. The number of nitrogens with one attached hydrogen (secondary N) is 1. The Kier molecular flexibility index (Phi) is 4.34. The van der Waals surface area contributed by atoms with Gasteiger partial charge in [-0.15, -0.1) is 0 Å². The van der Waals surface area contributed by atoms with E-state index in [1.54, 1.807) is 14.2 Å². The van der Waals surface area contributed by atoms with E-state index < -0.39 is 0 Å². The van der Waals surface area contributed by atoms with Gasteiger partial charge in [-0.3, -0.25) is 4.79 Å². The van der Waals surface area contributed by atoms with E-state index in [0.29, 0.717) is 6.42 Å². The van der Waals surface area contributed by atoms with Gasteiger partial charge in [0.15, 0.2) is 0 Å². The molecule has 6 heteroatoms. The van der Waals surface area contributed by atoms with Crippen LogP contribution in [0.2, 0.25) is 0 Å². The van der Waals surface area contributed by atoms with Gasteiger partial charge in [0, 0.05) is 17.9 Å². The van der Waals surface area contributed by atoms with Crippen LogP contribution in [0.5, 0.6) is 11.5 Å². The van der Waals surface area contributed by atoms with Crippen LogP contribution in [0.4, 0.5) is 5.69 Å². The van der Waals surface area contributed by atoms with Crippen LogP contribution < -0.4 is 14.8 Å². The molecule has 1 aromatic heterocycles. The number of carbonyl (C=O) groups is 1. The smallest absolute Gasteiger partial charge is 0.225 e. The average molecular weight is 366 g/mol. The maximum absolute atomic E-state index is 12.4. The van der Waals surface area contributed by atoms with E-state index in [9.17, 15) is 4.79 Å². The third-order valence-corrected chi connectivity index (χ3v) is 5.51. The summed E-state index contributed by atoms with van der Waals surface area (Å²) in [5, 5.41) is 3.01. The van der Waals surface area contributed by atoms with Gasteiger partial charge < -0.3 is 14.8 Å². The minimum Gasteiger partial charge on any atom is -0.497 e. The number of anilines is 1. The van der Waals surface area contributed by atoms with Crippen molar-refractivity contribution in [3.8, 4) is 22.8 Å². The number of aromatic nitrogens is 1. The third-order valence-electron chi connectivity index (χ3n) is 4.55. The maximum atomic E-state index is 12.4. The van der Waals surface area contributed by atoms with E-state index in [1.807, 2.05) is 48.5 Å². The summed E-state index contributed by atoms with van der Waals surface area (Å²) in [7, 11) is 3.28. The van der Waals surface area contributed by atoms with Crippen LogP contribution in [0.25, 0.3) is 11.3 Å². The van der Waals surface area contributed by atoms with Crippen LogP contribution >= 0.6 is 11.5 Å². The molecule has 5 nitrogen and oxygen atoms in total. The van der Waals surface area contributed by atoms with Gasteiger partial charge in [-0.05, 0) is 53.5 Å². The largest absolute Gasteiger partial charge is 0.497 e. The highest BCUT2D eigenvalue weighted by molar-refractivity contribution is 7.07. The van der Waals surface area contributed by atoms with E-state index in [-0.39, 0.29) is 11.8 Å². The Labute approximate surface area is 155 Å². The average Bonchev–Trinajstić information content (AvgIpc) is 3.11. The first-order valence-electron chi connectivity index (χ1n) is 8.27. The lowest BCUT2D eigenvalue weighted by atomic mass is 9.89. The first kappa shape index (κ1) is 16.6. The number of hydrogen-bond acceptors (Lipinski definition) is 5. The summed E-state index contributed by atoms with van der Waals surface area (Å²) in [6, 6.07) is 15.6. The fourth-order valence-corrected chi connectivity index (χ4v) is 4.18. The highest BCUT2D eigenvalue weighted by Gasteiger charge is 2.31. The highest BCUT2D eigenvalue weighted by atomic mass is 32.1. The van der Waals surface area contributed by atoms with Gasteiger partial charge in [0.05, 0.1) is 24.8 Å². The quantitative estimate of drug-likeness (QED) is 0.748. The molecule has 0 spiro atoms. The van der Waals surface area contributed by atoms with Crippen molar-refractivity contribution in [2.45, 2.75) is 12.3 Å². The number of amides is 1. The number of hydrogen-bond donors (Lipinski definition) is 1. The molecular weight excluding hydrogens is 348 g/mol. The molecule has 132 valence electrons. The van der Waals surface area contributed by atoms with Gasteiger partial charge in [-0.2, -0.15) is 4.37 Å². The number of fused-ring (bicyclic) bond motifs is 1. The molecule has 0 radical (unpaired) electrons. The van der Waals surface area contributed by atoms with Crippen molar-refractivity contribution in [1.82, 2.24) is 4.37 Å². The van der Waals surface area contributed by atoms with Crippen LogP contribution in [0.1, 0.15) is 22.8 Å². The maximum Gasteiger partial charge on any atom is 0.225 e. The minimum absolute atomic E-state index is 0.000261. The number of carbonyl (C=O) groups excluding carboxylic acids is 1. The molecule has 0 saturated heterocycles. The molecule has 4 rings (SSSR count). The Morgan fingerprint density at radius 3 is 2.58 bits per heavy atom. The molecule has 0 fully saturated rings. The molecule has 0 aliphatic carbocycles. The molecule has 0 bridgehead atoms. The van der Waals surface area contributed by atoms with Crippen molar-refractivity contribution in [3.63, 3.8) is 0 Å². The zero-order valence-electron chi connectivity index (χ0n) is 14.5. The summed E-state index contributed by atoms with van der Waals surface area (Å²) < 4.78 is 15.2. The topological polar surface area (TPSA) is 60.5 Å². The molecule has 1 aliphatic heterocycles. The number of rotatable bonds is 4. The first-order chi connectivity index (χ1) is 12.7. The van der Waals surface area contributed by atoms with Crippen LogP contribution in [-0.4, -0.2) is 24.5 Å². The molecule has 3 aromatic rings. The van der Waals surface area contributed by atoms with Crippen molar-refractivity contribution in [2.75, 3.05) is 19.5 Å². The second-order valence-electron chi connectivity index (χ2n) is 6.08. The summed E-state index contributed by atoms with van der Waals surface area (Å²) in [5.41, 5.74) is 3.62. The van der Waals surface area contributed by atoms with E-state index in [0.717, 1.165) is 38.9 Å². The SMILES string of the molecule is COc1ccc(-c2nsc3c2NC(=O)C[C@@H]3c2cccc(OC)c2)cc1. The molecule has 1 atom stereocenters. The summed E-state index contributed by atoms with van der Waals surface area (Å²) in [4.78, 5) is 13.4. The monoisotopic (exact) mass is 366 g/mol. The first-order valence-corrected chi connectivity index (χ1v) is 9.04. The predicted molar refractivity (Wildman–Crippen MR) is 102 cm³/mol. The number of benzene rings is 2. The molecule has 2 heterocycles. The number of methoxy groups -OCH3 is 2. The Morgan fingerprint density at radius 2 is 1.85 bits per heavy atom. The number of ether oxygens (including phenoxy) is 2. The van der Waals surface area contributed by atoms with E-state index in [4.69, 9.17) is 9.47 Å². The summed E-state index contributed by atoms with van der Waals surface area (Å²) >= 11 is 1.44. The van der Waals surface area contributed by atoms with Crippen molar-refractivity contribution >= 4 is 23.1 Å². The van der Waals surface area contributed by atoms with Crippen LogP contribution in [0.3, 0.4) is 0 Å². The lowest BCUT2D eigenvalue weighted by Crippen LogP contribution is -2.22. The molecule has 26 heavy (non-hydrogen) atoms. The molecule has 1 N–H and O–H groups in total. The Bertz CT molecular complexity index is 950. The second-order valence-corrected chi connectivity index (χ2v) is 6.89. The normalized spacial score (nSPS) is 15.9. The fourth-order valence-electron chi connectivity index (χ4n) is 3.20. The standard InChI is InChI=1S/C20H18N2O3S/c1-24-14-8-6-12(7-9-14)18-19-20(26-22-18)16(11-17(23)21-19)13-4-3-5-15(10-13)25-2/h3-10,16H,11H2,1-2H3,(H,21,23)/t16-/m1/s1. The summed E-state index contributed by atoms with van der Waals surface area (Å²) in [5.74, 6) is 1.56. The Balaban J connectivity index is 1.76. The zero-order valence-corrected chi connectivity index (χ0v) is 15.3. The van der Waals surface area contributed by atoms with Crippen LogP contribution in [0.15, 0.2) is 48.5 Å². The molecular formula is C20H18N2O3S. The van der Waals surface area contributed by atoms with Gasteiger partial charge in [0.2, 0.25) is 5.91 Å². The molecule has 0 saturated carbocycles. The molecule has 0 unspecified atom stereocenters. The van der Waals surface area contributed by atoms with E-state index in [2.05, 4.69) is 9.69 Å². The van der Waals surface area contributed by atoms with Crippen molar-refractivity contribution < 1.29 is 14.3 Å². The van der Waals surface area contributed by atoms with Crippen LogP contribution in [-0.2, 0) is 4.79 Å². The van der Waals surface area contributed by atoms with Gasteiger partial charge in [0.1, 0.15) is 17.2 Å². The van der Waals surface area contributed by atoms with Gasteiger partial charge in [-0.1, -0.05) is 12.1 Å². The summed E-state index contributed by atoms with van der Waals surface area (Å²) in [6.07, 6.45) is 0.407. The zero-order chi connectivity index (χ0) is 18.1. The lowest BCUT2D eigenvalue weighted by Gasteiger charge is -2.23. The minimum atomic E-state index is -0.0154. The van der Waals surface area contributed by atoms with Crippen molar-refractivity contribution in [1.29, 1.82) is 0 Å². The van der Waals surface area contributed by atoms with E-state index >= 15 is 0 Å². The third kappa shape index (κ3) is 2.93. The Hall–Kier alpha value is -2.86. The second kappa shape index (κ2) is 6.80. The van der Waals surface area contributed by atoms with Crippen molar-refractivity contribution in [3.05, 3.63) is 59.0 Å². The van der Waals surface area contributed by atoms with Crippen LogP contribution in [0, 0.1) is 0 Å². The van der Waals surface area contributed by atoms with Gasteiger partial charge in [0.25, 0.3) is 0 Å². The predicted octanol–water partition coefficient (Wildman–Crippen LogP) is 4.30.